The fraction of sp³-hybridized carbons (Fsp3) is 0.333. The minimum absolute atomic E-state index is 0.0455. The van der Waals surface area contributed by atoms with Crippen molar-refractivity contribution in [3.63, 3.8) is 0 Å². The minimum Gasteiger partial charge on any atom is -0.477 e. The molecule has 4 aromatic heterocycles. The van der Waals surface area contributed by atoms with E-state index in [1.165, 1.54) is 10.7 Å². The molecule has 4 aromatic rings. The molecule has 2 unspecified atom stereocenters. The summed E-state index contributed by atoms with van der Waals surface area (Å²) in [7, 11) is 3.45. The van der Waals surface area contributed by atoms with E-state index in [9.17, 15) is 9.90 Å². The molecule has 0 bridgehead atoms. The first-order valence-corrected chi connectivity index (χ1v) is 9.98. The van der Waals surface area contributed by atoms with Crippen molar-refractivity contribution in [1.29, 1.82) is 0 Å². The highest BCUT2D eigenvalue weighted by atomic mass is 16.5. The molecule has 2 atom stereocenters. The molecule has 1 aliphatic heterocycles. The fourth-order valence-electron chi connectivity index (χ4n) is 4.21. The Morgan fingerprint density at radius 2 is 2.26 bits per heavy atom. The van der Waals surface area contributed by atoms with Crippen molar-refractivity contribution < 1.29 is 19.4 Å². The number of hydrogen-bond donors (Lipinski definition) is 2. The summed E-state index contributed by atoms with van der Waals surface area (Å²) in [6.45, 7) is 1.17. The molecule has 1 aliphatic rings. The standard InChI is InChI=1S/C21H22N6O4/c1-22-18-8-15(25-20-13(21(28)29)9-24-27(18)20)14-10-26(19-12(14)4-3-6-23-19)16-5-7-31-11-17(16)30-2/h3-4,6,8-10,16-17,22H,5,7,11H2,1-2H3,(H,28,29). The molecular formula is C21H22N6O4. The summed E-state index contributed by atoms with van der Waals surface area (Å²) < 4.78 is 14.9. The second kappa shape index (κ2) is 7.64. The number of ether oxygens (including phenoxy) is 2. The third kappa shape index (κ3) is 3.11. The molecule has 2 N–H and O–H groups in total. The second-order valence-corrected chi connectivity index (χ2v) is 7.41. The number of nitrogens with zero attached hydrogens (tertiary/aromatic N) is 5. The predicted octanol–water partition coefficient (Wildman–Crippen LogP) is 2.46. The zero-order valence-corrected chi connectivity index (χ0v) is 17.1. The number of carbonyl (C=O) groups is 1. The van der Waals surface area contributed by atoms with Gasteiger partial charge >= 0.3 is 5.97 Å². The van der Waals surface area contributed by atoms with E-state index in [0.717, 1.165) is 23.0 Å². The molecule has 0 aliphatic carbocycles. The zero-order valence-electron chi connectivity index (χ0n) is 17.1. The summed E-state index contributed by atoms with van der Waals surface area (Å²) in [4.78, 5) is 21.0. The van der Waals surface area contributed by atoms with Gasteiger partial charge in [0.25, 0.3) is 0 Å². The summed E-state index contributed by atoms with van der Waals surface area (Å²) in [5, 5.41) is 17.7. The summed E-state index contributed by atoms with van der Waals surface area (Å²) in [5.41, 5.74) is 2.65. The van der Waals surface area contributed by atoms with Gasteiger partial charge < -0.3 is 24.5 Å². The lowest BCUT2D eigenvalue weighted by Gasteiger charge is -2.31. The number of aromatic nitrogens is 5. The lowest BCUT2D eigenvalue weighted by Crippen LogP contribution is -2.35. The van der Waals surface area contributed by atoms with Crippen molar-refractivity contribution >= 4 is 28.5 Å². The van der Waals surface area contributed by atoms with Crippen LogP contribution in [0.15, 0.2) is 36.8 Å². The Bertz CT molecular complexity index is 1280. The second-order valence-electron chi connectivity index (χ2n) is 7.41. The summed E-state index contributed by atoms with van der Waals surface area (Å²) in [6.07, 6.45) is 5.81. The van der Waals surface area contributed by atoms with Gasteiger partial charge in [-0.3, -0.25) is 0 Å². The van der Waals surface area contributed by atoms with Crippen molar-refractivity contribution in [2.24, 2.45) is 0 Å². The van der Waals surface area contributed by atoms with Gasteiger partial charge in [0.05, 0.1) is 24.5 Å². The Morgan fingerprint density at radius 3 is 3.03 bits per heavy atom. The van der Waals surface area contributed by atoms with Crippen molar-refractivity contribution in [1.82, 2.24) is 24.1 Å². The normalized spacial score (nSPS) is 19.2. The first-order chi connectivity index (χ1) is 15.1. The average molecular weight is 422 g/mol. The Hall–Kier alpha value is -3.50. The third-order valence-electron chi connectivity index (χ3n) is 5.75. The molecule has 10 nitrogen and oxygen atoms in total. The van der Waals surface area contributed by atoms with E-state index in [4.69, 9.17) is 9.47 Å². The smallest absolute Gasteiger partial charge is 0.341 e. The number of carboxylic acids is 1. The van der Waals surface area contributed by atoms with Crippen LogP contribution in [0, 0.1) is 0 Å². The number of rotatable bonds is 5. The summed E-state index contributed by atoms with van der Waals surface area (Å²) >= 11 is 0. The van der Waals surface area contributed by atoms with Crippen LogP contribution >= 0.6 is 0 Å². The summed E-state index contributed by atoms with van der Waals surface area (Å²) in [5.74, 6) is -0.436. The van der Waals surface area contributed by atoms with Crippen molar-refractivity contribution in [2.75, 3.05) is 32.7 Å². The van der Waals surface area contributed by atoms with Gasteiger partial charge in [-0.2, -0.15) is 9.61 Å². The van der Waals surface area contributed by atoms with Crippen LogP contribution in [0.3, 0.4) is 0 Å². The molecule has 0 aromatic carbocycles. The Kier molecular flexibility index (Phi) is 4.79. The Balaban J connectivity index is 1.73. The number of hydrogen-bond acceptors (Lipinski definition) is 7. The molecule has 5 heterocycles. The molecule has 160 valence electrons. The van der Waals surface area contributed by atoms with Gasteiger partial charge in [-0.15, -0.1) is 0 Å². The SMILES string of the molecule is CNc1cc(-c2cn(C3CCOCC3OC)c3ncccc23)nc2c(C(=O)O)cnn12. The predicted molar refractivity (Wildman–Crippen MR) is 113 cm³/mol. The molecule has 0 radical (unpaired) electrons. The molecule has 1 saturated heterocycles. The average Bonchev–Trinajstić information content (AvgIpc) is 3.40. The summed E-state index contributed by atoms with van der Waals surface area (Å²) in [6, 6.07) is 5.80. The molecule has 0 spiro atoms. The van der Waals surface area contributed by atoms with Crippen LogP contribution < -0.4 is 5.32 Å². The number of fused-ring (bicyclic) bond motifs is 2. The molecule has 0 amide bonds. The van der Waals surface area contributed by atoms with Gasteiger partial charge in [-0.05, 0) is 18.6 Å². The maximum atomic E-state index is 11.7. The number of pyridine rings is 1. The fourth-order valence-corrected chi connectivity index (χ4v) is 4.21. The molecule has 31 heavy (non-hydrogen) atoms. The topological polar surface area (TPSA) is 116 Å². The first-order valence-electron chi connectivity index (χ1n) is 9.98. The lowest BCUT2D eigenvalue weighted by atomic mass is 10.1. The molecule has 1 fully saturated rings. The number of carboxylic acid groups (broad SMARTS) is 1. The maximum absolute atomic E-state index is 11.7. The Labute approximate surface area is 177 Å². The van der Waals surface area contributed by atoms with E-state index >= 15 is 0 Å². The highest BCUT2D eigenvalue weighted by Crippen LogP contribution is 2.35. The molecule has 5 rings (SSSR count). The van der Waals surface area contributed by atoms with Crippen LogP contribution in [0.1, 0.15) is 22.8 Å². The van der Waals surface area contributed by atoms with Crippen LogP contribution in [0.4, 0.5) is 5.82 Å². The Morgan fingerprint density at radius 1 is 1.39 bits per heavy atom. The van der Waals surface area contributed by atoms with Crippen molar-refractivity contribution in [3.05, 3.63) is 42.4 Å². The minimum atomic E-state index is -1.07. The van der Waals surface area contributed by atoms with Crippen LogP contribution in [-0.2, 0) is 9.47 Å². The van der Waals surface area contributed by atoms with E-state index in [1.807, 2.05) is 24.4 Å². The third-order valence-corrected chi connectivity index (χ3v) is 5.75. The monoisotopic (exact) mass is 422 g/mol. The molecular weight excluding hydrogens is 400 g/mol. The maximum Gasteiger partial charge on any atom is 0.341 e. The van der Waals surface area contributed by atoms with Crippen LogP contribution in [0.2, 0.25) is 0 Å². The van der Waals surface area contributed by atoms with Gasteiger partial charge in [-0.1, -0.05) is 0 Å². The van der Waals surface area contributed by atoms with Gasteiger partial charge in [-0.25, -0.2) is 14.8 Å². The van der Waals surface area contributed by atoms with E-state index in [0.29, 0.717) is 24.7 Å². The quantitative estimate of drug-likeness (QED) is 0.504. The van der Waals surface area contributed by atoms with Gasteiger partial charge in [0.1, 0.15) is 23.1 Å². The lowest BCUT2D eigenvalue weighted by molar-refractivity contribution is -0.0592. The van der Waals surface area contributed by atoms with Crippen LogP contribution in [-0.4, -0.2) is 68.7 Å². The highest BCUT2D eigenvalue weighted by molar-refractivity contribution is 5.97. The largest absolute Gasteiger partial charge is 0.477 e. The van der Waals surface area contributed by atoms with E-state index < -0.39 is 5.97 Å². The van der Waals surface area contributed by atoms with Gasteiger partial charge in [0.2, 0.25) is 0 Å². The van der Waals surface area contributed by atoms with E-state index in [1.54, 1.807) is 20.4 Å². The highest BCUT2D eigenvalue weighted by Gasteiger charge is 2.29. The van der Waals surface area contributed by atoms with Gasteiger partial charge in [0.15, 0.2) is 5.65 Å². The number of nitrogens with one attached hydrogen (secondary N) is 1. The van der Waals surface area contributed by atoms with Crippen LogP contribution in [0.25, 0.3) is 27.9 Å². The van der Waals surface area contributed by atoms with E-state index in [2.05, 4.69) is 25.0 Å². The van der Waals surface area contributed by atoms with E-state index in [-0.39, 0.29) is 23.4 Å². The number of aromatic carboxylic acids is 1. The zero-order chi connectivity index (χ0) is 21.5. The van der Waals surface area contributed by atoms with Gasteiger partial charge in [0, 0.05) is 50.2 Å². The van der Waals surface area contributed by atoms with Crippen LogP contribution in [0.5, 0.6) is 0 Å². The molecule has 0 saturated carbocycles. The van der Waals surface area contributed by atoms with Crippen molar-refractivity contribution in [3.8, 4) is 11.3 Å². The number of anilines is 1. The first kappa shape index (κ1) is 19.5. The molecule has 10 heteroatoms. The number of methoxy groups -OCH3 is 1. The van der Waals surface area contributed by atoms with Crippen molar-refractivity contribution in [2.45, 2.75) is 18.6 Å².